The van der Waals surface area contributed by atoms with Crippen LogP contribution in [0.4, 0.5) is 4.79 Å². The second kappa shape index (κ2) is 9.24. The van der Waals surface area contributed by atoms with E-state index in [0.29, 0.717) is 24.1 Å². The lowest BCUT2D eigenvalue weighted by Crippen LogP contribution is -2.64. The van der Waals surface area contributed by atoms with Crippen molar-refractivity contribution >= 4 is 35.2 Å². The van der Waals surface area contributed by atoms with Crippen LogP contribution in [0.25, 0.3) is 11.0 Å². The van der Waals surface area contributed by atoms with Gasteiger partial charge in [-0.3, -0.25) is 23.9 Å². The van der Waals surface area contributed by atoms with Crippen LogP contribution >= 0.6 is 0 Å². The van der Waals surface area contributed by atoms with Crippen LogP contribution in [0.2, 0.25) is 0 Å². The molecular formula is C23H25N9O4. The van der Waals surface area contributed by atoms with E-state index in [2.05, 4.69) is 20.4 Å². The molecule has 0 aliphatic carbocycles. The van der Waals surface area contributed by atoms with E-state index in [4.69, 9.17) is 0 Å². The summed E-state index contributed by atoms with van der Waals surface area (Å²) >= 11 is 0. The van der Waals surface area contributed by atoms with Crippen molar-refractivity contribution in [3.8, 4) is 0 Å². The lowest BCUT2D eigenvalue weighted by atomic mass is 10.1. The first-order valence-corrected chi connectivity index (χ1v) is 11.4. The lowest BCUT2D eigenvalue weighted by molar-refractivity contribution is -0.136. The van der Waals surface area contributed by atoms with Gasteiger partial charge in [-0.15, -0.1) is 0 Å². The smallest absolute Gasteiger partial charge is 0.328 e. The molecule has 1 aromatic carbocycles. The van der Waals surface area contributed by atoms with Crippen LogP contribution in [0.15, 0.2) is 52.6 Å². The highest BCUT2D eigenvalue weighted by Crippen LogP contribution is 2.24. The topological polar surface area (TPSA) is 138 Å². The van der Waals surface area contributed by atoms with Crippen LogP contribution in [0, 0.1) is 0 Å². The van der Waals surface area contributed by atoms with Gasteiger partial charge in [0.15, 0.2) is 17.9 Å². The summed E-state index contributed by atoms with van der Waals surface area (Å²) in [5, 5.41) is 7.46. The first-order valence-electron chi connectivity index (χ1n) is 11.4. The van der Waals surface area contributed by atoms with Gasteiger partial charge < -0.3 is 15.1 Å². The fraction of sp³-hybridized carbons (Fsp3) is 0.348. The average Bonchev–Trinajstić information content (AvgIpc) is 3.48. The predicted molar refractivity (Wildman–Crippen MR) is 129 cm³/mol. The number of rotatable bonds is 7. The number of hydrogen-bond donors (Lipinski definition) is 1. The van der Waals surface area contributed by atoms with E-state index in [9.17, 15) is 19.2 Å². The van der Waals surface area contributed by atoms with Gasteiger partial charge in [0.2, 0.25) is 5.91 Å². The highest BCUT2D eigenvalue weighted by Gasteiger charge is 2.48. The zero-order chi connectivity index (χ0) is 25.4. The second-order valence-electron chi connectivity index (χ2n) is 8.70. The third-order valence-corrected chi connectivity index (χ3v) is 6.37. The van der Waals surface area contributed by atoms with Crippen molar-refractivity contribution in [3.63, 3.8) is 0 Å². The van der Waals surface area contributed by atoms with E-state index >= 15 is 0 Å². The lowest BCUT2D eigenvalue weighted by Gasteiger charge is -2.39. The van der Waals surface area contributed by atoms with E-state index in [0.717, 1.165) is 10.5 Å². The molecule has 13 nitrogen and oxygen atoms in total. The summed E-state index contributed by atoms with van der Waals surface area (Å²) in [6.45, 7) is 0.876. The summed E-state index contributed by atoms with van der Waals surface area (Å²) in [6.07, 6.45) is 3.76. The summed E-state index contributed by atoms with van der Waals surface area (Å²) in [4.78, 5) is 62.7. The van der Waals surface area contributed by atoms with Crippen molar-refractivity contribution in [1.82, 2.24) is 39.3 Å². The molecule has 13 heteroatoms. The molecule has 0 saturated carbocycles. The first-order chi connectivity index (χ1) is 17.3. The number of amides is 4. The summed E-state index contributed by atoms with van der Waals surface area (Å²) < 4.78 is 3.10. The maximum atomic E-state index is 12.9. The number of fused-ring (bicyclic) bond motifs is 2. The van der Waals surface area contributed by atoms with E-state index in [1.165, 1.54) is 40.3 Å². The first kappa shape index (κ1) is 23.2. The van der Waals surface area contributed by atoms with Crippen molar-refractivity contribution in [2.75, 3.05) is 27.2 Å². The average molecular weight is 492 g/mol. The summed E-state index contributed by atoms with van der Waals surface area (Å²) in [6, 6.07) is 8.46. The van der Waals surface area contributed by atoms with E-state index in [1.54, 1.807) is 11.7 Å². The molecule has 2 aromatic heterocycles. The number of aliphatic imine (C=N–C) groups is 1. The van der Waals surface area contributed by atoms with Gasteiger partial charge in [0.1, 0.15) is 11.7 Å². The van der Waals surface area contributed by atoms with Crippen molar-refractivity contribution < 1.29 is 14.4 Å². The number of likely N-dealkylation sites (N-methyl/N-ethyl adjacent to an activating group) is 2. The predicted octanol–water partition coefficient (Wildman–Crippen LogP) is -0.680. The standard InChI is InChI=1S/C23H25N9O4/c1-28-20-18(22(35)29(2)23(28)36)30(13-26-20)12-17(33)24-8-9-32-19-16(10-27-32)21(34)31(14-25-19)11-15-6-4-3-5-7-15/h3-7,10,13-14,18,20H,8-9,11-12H2,1-2H3,(H,24,33). The molecular weight excluding hydrogens is 466 g/mol. The summed E-state index contributed by atoms with van der Waals surface area (Å²) in [7, 11) is 2.98. The number of carbonyl (C=O) groups excluding carboxylic acids is 3. The number of carbonyl (C=O) groups is 3. The fourth-order valence-corrected chi connectivity index (χ4v) is 4.42. The fourth-order valence-electron chi connectivity index (χ4n) is 4.42. The van der Waals surface area contributed by atoms with E-state index < -0.39 is 24.1 Å². The van der Waals surface area contributed by atoms with Crippen LogP contribution in [0.3, 0.4) is 0 Å². The monoisotopic (exact) mass is 491 g/mol. The molecule has 1 saturated heterocycles. The van der Waals surface area contributed by atoms with Crippen LogP contribution in [-0.4, -0.2) is 97.6 Å². The molecule has 0 spiro atoms. The molecule has 4 amide bonds. The Labute approximate surface area is 205 Å². The minimum absolute atomic E-state index is 0.0887. The molecule has 2 atom stereocenters. The number of nitrogens with one attached hydrogen (secondary N) is 1. The van der Waals surface area contributed by atoms with Crippen molar-refractivity contribution in [2.24, 2.45) is 4.99 Å². The third-order valence-electron chi connectivity index (χ3n) is 6.37. The Kier molecular flexibility index (Phi) is 5.96. The number of nitrogens with zero attached hydrogens (tertiary/aromatic N) is 8. The minimum Gasteiger partial charge on any atom is -0.353 e. The van der Waals surface area contributed by atoms with Gasteiger partial charge in [-0.05, 0) is 5.56 Å². The van der Waals surface area contributed by atoms with Crippen LogP contribution < -0.4 is 10.9 Å². The Hall–Kier alpha value is -4.55. The Morgan fingerprint density at radius 2 is 1.89 bits per heavy atom. The number of aromatic nitrogens is 4. The Morgan fingerprint density at radius 3 is 2.67 bits per heavy atom. The molecule has 3 aromatic rings. The second-order valence-corrected chi connectivity index (χ2v) is 8.70. The van der Waals surface area contributed by atoms with Crippen LogP contribution in [-0.2, 0) is 22.7 Å². The molecule has 4 heterocycles. The maximum absolute atomic E-state index is 12.9. The number of hydrogen-bond acceptors (Lipinski definition) is 8. The number of imide groups is 1. The highest BCUT2D eigenvalue weighted by atomic mass is 16.2. The van der Waals surface area contributed by atoms with Gasteiger partial charge in [-0.25, -0.2) is 19.5 Å². The zero-order valence-corrected chi connectivity index (χ0v) is 19.8. The largest absolute Gasteiger partial charge is 0.353 e. The van der Waals surface area contributed by atoms with Gasteiger partial charge in [-0.2, -0.15) is 5.10 Å². The summed E-state index contributed by atoms with van der Waals surface area (Å²) in [5.74, 6) is -0.716. The maximum Gasteiger partial charge on any atom is 0.328 e. The Balaban J connectivity index is 1.19. The van der Waals surface area contributed by atoms with Crippen molar-refractivity contribution in [1.29, 1.82) is 0 Å². The number of benzene rings is 1. The SMILES string of the molecule is CN1C(=O)C2C(N=CN2CC(=O)NCCn2ncc3c(=O)n(Cc4ccccc4)cnc32)N(C)C1=O. The van der Waals surface area contributed by atoms with Crippen molar-refractivity contribution in [3.05, 3.63) is 58.8 Å². The molecule has 36 heavy (non-hydrogen) atoms. The minimum atomic E-state index is -0.735. The Bertz CT molecular complexity index is 1410. The molecule has 2 aliphatic rings. The van der Waals surface area contributed by atoms with Gasteiger partial charge in [0.25, 0.3) is 11.5 Å². The normalized spacial score (nSPS) is 19.3. The number of urea groups is 1. The van der Waals surface area contributed by atoms with Gasteiger partial charge in [0, 0.05) is 20.6 Å². The molecule has 1 fully saturated rings. The third kappa shape index (κ3) is 4.08. The molecule has 5 rings (SSSR count). The van der Waals surface area contributed by atoms with Gasteiger partial charge in [0.05, 0.1) is 32.2 Å². The molecule has 1 N–H and O–H groups in total. The van der Waals surface area contributed by atoms with Crippen LogP contribution in [0.5, 0.6) is 0 Å². The molecule has 0 radical (unpaired) electrons. The molecule has 2 unspecified atom stereocenters. The Morgan fingerprint density at radius 1 is 1.11 bits per heavy atom. The highest BCUT2D eigenvalue weighted by molar-refractivity contribution is 6.02. The van der Waals surface area contributed by atoms with E-state index in [1.807, 2.05) is 30.3 Å². The van der Waals surface area contributed by atoms with Crippen molar-refractivity contribution in [2.45, 2.75) is 25.3 Å². The van der Waals surface area contributed by atoms with Gasteiger partial charge >= 0.3 is 6.03 Å². The van der Waals surface area contributed by atoms with Crippen LogP contribution in [0.1, 0.15) is 5.56 Å². The molecule has 2 aliphatic heterocycles. The quantitative estimate of drug-likeness (QED) is 0.462. The molecule has 186 valence electrons. The molecule has 0 bridgehead atoms. The summed E-state index contributed by atoms with van der Waals surface area (Å²) in [5.41, 5.74) is 1.24. The zero-order valence-electron chi connectivity index (χ0n) is 19.8. The van der Waals surface area contributed by atoms with Gasteiger partial charge in [-0.1, -0.05) is 30.3 Å². The van der Waals surface area contributed by atoms with E-state index in [-0.39, 0.29) is 24.6 Å².